The molecule has 0 radical (unpaired) electrons. The largest absolute Gasteiger partial charge is 0.573 e. The fraction of sp³-hybridized carbons (Fsp3) is 0.217. The quantitative estimate of drug-likeness (QED) is 0.384. The van der Waals surface area contributed by atoms with Gasteiger partial charge < -0.3 is 4.74 Å². The lowest BCUT2D eigenvalue weighted by Gasteiger charge is -2.11. The molecule has 0 saturated heterocycles. The molecule has 0 spiro atoms. The van der Waals surface area contributed by atoms with E-state index >= 15 is 0 Å². The van der Waals surface area contributed by atoms with Crippen molar-refractivity contribution in [3.63, 3.8) is 0 Å². The first kappa shape index (κ1) is 20.8. The molecule has 0 heterocycles. The van der Waals surface area contributed by atoms with E-state index in [1.165, 1.54) is 17.7 Å². The molecule has 3 rings (SSSR count). The number of hydrogen-bond donors (Lipinski definition) is 0. The topological polar surface area (TPSA) is 9.23 Å². The summed E-state index contributed by atoms with van der Waals surface area (Å²) in [6, 6.07) is 15.1. The summed E-state index contributed by atoms with van der Waals surface area (Å²) in [5, 5.41) is 0. The Morgan fingerprint density at radius 3 is 1.90 bits per heavy atom. The first-order valence-corrected chi connectivity index (χ1v) is 9.21. The number of hydrogen-bond acceptors (Lipinski definition) is 1. The van der Waals surface area contributed by atoms with Crippen LogP contribution in [0.2, 0.25) is 0 Å². The molecule has 0 amide bonds. The molecule has 0 aliphatic carbocycles. The van der Waals surface area contributed by atoms with Crippen LogP contribution < -0.4 is 4.74 Å². The third kappa shape index (κ3) is 5.34. The summed E-state index contributed by atoms with van der Waals surface area (Å²) in [6.07, 6.45) is -1.83. The zero-order chi connectivity index (χ0) is 21.0. The Bertz CT molecular complexity index is 978. The smallest absolute Gasteiger partial charge is 0.403 e. The van der Waals surface area contributed by atoms with Crippen LogP contribution in [0.4, 0.5) is 22.0 Å². The second-order valence-electron chi connectivity index (χ2n) is 6.69. The number of ether oxygens (including phenoxy) is 1. The summed E-state index contributed by atoms with van der Waals surface area (Å²) in [6.45, 7) is 2.12. The lowest BCUT2D eigenvalue weighted by molar-refractivity contribution is -0.275. The van der Waals surface area contributed by atoms with E-state index in [0.717, 1.165) is 37.0 Å². The van der Waals surface area contributed by atoms with E-state index < -0.39 is 23.7 Å². The number of halogens is 5. The van der Waals surface area contributed by atoms with Crippen molar-refractivity contribution < 1.29 is 26.7 Å². The predicted octanol–water partition coefficient (Wildman–Crippen LogP) is 7.54. The summed E-state index contributed by atoms with van der Waals surface area (Å²) in [4.78, 5) is 0. The van der Waals surface area contributed by atoms with Crippen molar-refractivity contribution in [2.45, 2.75) is 32.5 Å². The van der Waals surface area contributed by atoms with Gasteiger partial charge in [0, 0.05) is 5.56 Å². The van der Waals surface area contributed by atoms with Gasteiger partial charge in [-0.05, 0) is 53.3 Å². The molecule has 29 heavy (non-hydrogen) atoms. The third-order valence-electron chi connectivity index (χ3n) is 4.54. The molecule has 6 heteroatoms. The summed E-state index contributed by atoms with van der Waals surface area (Å²) in [7, 11) is 0. The Balaban J connectivity index is 1.83. The maximum absolute atomic E-state index is 14.7. The Hall–Kier alpha value is -2.89. The second-order valence-corrected chi connectivity index (χ2v) is 6.69. The van der Waals surface area contributed by atoms with E-state index in [1.54, 1.807) is 12.1 Å². The van der Waals surface area contributed by atoms with Crippen molar-refractivity contribution >= 4 is 0 Å². The summed E-state index contributed by atoms with van der Waals surface area (Å²) >= 11 is 0. The van der Waals surface area contributed by atoms with Crippen LogP contribution in [0.1, 0.15) is 25.3 Å². The van der Waals surface area contributed by atoms with Crippen molar-refractivity contribution in [2.24, 2.45) is 0 Å². The van der Waals surface area contributed by atoms with Crippen LogP contribution in [0.25, 0.3) is 22.3 Å². The standard InChI is InChI=1S/C23H19F5O/c1-2-3-4-15-5-7-16(8-6-15)19-11-9-17(13-20(19)24)18-10-12-22(21(25)14-18)29-23(26,27)28/h5-14H,2-4H2,1H3. The van der Waals surface area contributed by atoms with Gasteiger partial charge in [-0.1, -0.05) is 55.8 Å². The van der Waals surface area contributed by atoms with Gasteiger partial charge in [-0.15, -0.1) is 13.2 Å². The van der Waals surface area contributed by atoms with Gasteiger partial charge in [-0.25, -0.2) is 8.78 Å². The number of aryl methyl sites for hydroxylation is 1. The van der Waals surface area contributed by atoms with E-state index in [1.807, 2.05) is 24.3 Å². The van der Waals surface area contributed by atoms with Gasteiger partial charge in [0.05, 0.1) is 0 Å². The average Bonchev–Trinajstić information content (AvgIpc) is 2.67. The molecule has 0 bridgehead atoms. The highest BCUT2D eigenvalue weighted by molar-refractivity contribution is 5.71. The summed E-state index contributed by atoms with van der Waals surface area (Å²) < 4.78 is 68.9. The third-order valence-corrected chi connectivity index (χ3v) is 4.54. The molecular formula is C23H19F5O. The van der Waals surface area contributed by atoms with E-state index in [2.05, 4.69) is 11.7 Å². The van der Waals surface area contributed by atoms with Gasteiger partial charge in [-0.2, -0.15) is 0 Å². The van der Waals surface area contributed by atoms with Crippen molar-refractivity contribution in [3.05, 3.63) is 77.9 Å². The van der Waals surface area contributed by atoms with Crippen LogP contribution in [0.3, 0.4) is 0 Å². The predicted molar refractivity (Wildman–Crippen MR) is 103 cm³/mol. The highest BCUT2D eigenvalue weighted by atomic mass is 19.4. The Morgan fingerprint density at radius 2 is 1.34 bits per heavy atom. The van der Waals surface area contributed by atoms with Crippen LogP contribution in [-0.4, -0.2) is 6.36 Å². The molecule has 0 aliphatic rings. The minimum atomic E-state index is -4.98. The van der Waals surface area contributed by atoms with E-state index in [9.17, 15) is 22.0 Å². The van der Waals surface area contributed by atoms with Crippen molar-refractivity contribution in [2.75, 3.05) is 0 Å². The van der Waals surface area contributed by atoms with Crippen LogP contribution >= 0.6 is 0 Å². The number of alkyl halides is 3. The fourth-order valence-corrected chi connectivity index (χ4v) is 3.05. The van der Waals surface area contributed by atoms with Crippen molar-refractivity contribution in [3.8, 4) is 28.0 Å². The molecule has 0 N–H and O–H groups in total. The van der Waals surface area contributed by atoms with Crippen LogP contribution in [0.15, 0.2) is 60.7 Å². The van der Waals surface area contributed by atoms with Gasteiger partial charge in [-0.3, -0.25) is 0 Å². The molecule has 0 fully saturated rings. The number of unbranched alkanes of at least 4 members (excludes halogenated alkanes) is 1. The highest BCUT2D eigenvalue weighted by Gasteiger charge is 2.32. The summed E-state index contributed by atoms with van der Waals surface area (Å²) in [5.74, 6) is -2.60. The molecule has 3 aromatic carbocycles. The minimum Gasteiger partial charge on any atom is -0.403 e. The molecule has 0 atom stereocenters. The molecule has 0 aromatic heterocycles. The zero-order valence-electron chi connectivity index (χ0n) is 15.7. The highest BCUT2D eigenvalue weighted by Crippen LogP contribution is 2.32. The first-order valence-electron chi connectivity index (χ1n) is 9.21. The van der Waals surface area contributed by atoms with E-state index in [4.69, 9.17) is 0 Å². The zero-order valence-corrected chi connectivity index (χ0v) is 15.7. The molecule has 0 unspecified atom stereocenters. The number of benzene rings is 3. The van der Waals surface area contributed by atoms with Gasteiger partial charge in [0.2, 0.25) is 0 Å². The Kier molecular flexibility index (Phi) is 6.20. The van der Waals surface area contributed by atoms with Crippen molar-refractivity contribution in [1.82, 2.24) is 0 Å². The van der Waals surface area contributed by atoms with Gasteiger partial charge in [0.1, 0.15) is 5.82 Å². The Morgan fingerprint density at radius 1 is 0.759 bits per heavy atom. The van der Waals surface area contributed by atoms with E-state index in [-0.39, 0.29) is 5.56 Å². The molecule has 0 aliphatic heterocycles. The summed E-state index contributed by atoms with van der Waals surface area (Å²) in [5.41, 5.74) is 2.90. The molecular weight excluding hydrogens is 387 g/mol. The minimum absolute atomic E-state index is 0.248. The normalized spacial score (nSPS) is 11.5. The van der Waals surface area contributed by atoms with Crippen LogP contribution in [0, 0.1) is 11.6 Å². The average molecular weight is 406 g/mol. The fourth-order valence-electron chi connectivity index (χ4n) is 3.05. The molecule has 3 aromatic rings. The monoisotopic (exact) mass is 406 g/mol. The lowest BCUT2D eigenvalue weighted by atomic mass is 9.98. The maximum Gasteiger partial charge on any atom is 0.573 e. The van der Waals surface area contributed by atoms with Gasteiger partial charge >= 0.3 is 6.36 Å². The van der Waals surface area contributed by atoms with Gasteiger partial charge in [0.25, 0.3) is 0 Å². The van der Waals surface area contributed by atoms with E-state index in [0.29, 0.717) is 11.1 Å². The van der Waals surface area contributed by atoms with Crippen LogP contribution in [-0.2, 0) is 6.42 Å². The van der Waals surface area contributed by atoms with Crippen LogP contribution in [0.5, 0.6) is 5.75 Å². The second kappa shape index (κ2) is 8.64. The molecule has 0 saturated carbocycles. The maximum atomic E-state index is 14.7. The number of rotatable bonds is 6. The molecule has 1 nitrogen and oxygen atoms in total. The van der Waals surface area contributed by atoms with Crippen molar-refractivity contribution in [1.29, 1.82) is 0 Å². The lowest BCUT2D eigenvalue weighted by Crippen LogP contribution is -2.17. The Labute approximate surface area is 165 Å². The first-order chi connectivity index (χ1) is 13.8. The SMILES string of the molecule is CCCCc1ccc(-c2ccc(-c3ccc(OC(F)(F)F)c(F)c3)cc2F)cc1. The molecule has 152 valence electrons. The van der Waals surface area contributed by atoms with Gasteiger partial charge in [0.15, 0.2) is 11.6 Å².